The van der Waals surface area contributed by atoms with Gasteiger partial charge in [0.25, 0.3) is 0 Å². The van der Waals surface area contributed by atoms with E-state index < -0.39 is 0 Å². The Balaban J connectivity index is 2.09. The summed E-state index contributed by atoms with van der Waals surface area (Å²) in [5.74, 6) is 0. The van der Waals surface area contributed by atoms with E-state index in [9.17, 15) is 0 Å². The number of benzene rings is 1. The summed E-state index contributed by atoms with van der Waals surface area (Å²) in [6.07, 6.45) is 2.71. The number of methoxy groups -OCH3 is 1. The van der Waals surface area contributed by atoms with Crippen molar-refractivity contribution in [2.24, 2.45) is 5.73 Å². The first kappa shape index (κ1) is 16.4. The number of nitrogens with two attached hydrogens (primary N) is 1. The molecule has 0 aliphatic carbocycles. The lowest BCUT2D eigenvalue weighted by molar-refractivity contribution is 0.0601. The summed E-state index contributed by atoms with van der Waals surface area (Å²) in [6.45, 7) is 6.30. The predicted molar refractivity (Wildman–Crippen MR) is 85.2 cm³/mol. The number of rotatable bonds is 8. The van der Waals surface area contributed by atoms with E-state index in [0.717, 1.165) is 26.1 Å². The second-order valence-electron chi connectivity index (χ2n) is 5.65. The van der Waals surface area contributed by atoms with Gasteiger partial charge in [-0.25, -0.2) is 0 Å². The number of nitrogens with zero attached hydrogens (tertiary/aromatic N) is 1. The molecule has 4 heteroatoms. The molecule has 2 rings (SSSR count). The molecule has 2 N–H and O–H groups in total. The van der Waals surface area contributed by atoms with E-state index in [1.165, 1.54) is 17.5 Å². The van der Waals surface area contributed by atoms with Crippen LogP contribution in [0.4, 0.5) is 0 Å². The highest BCUT2D eigenvalue weighted by Gasteiger charge is 2.24. The molecule has 0 saturated carbocycles. The van der Waals surface area contributed by atoms with Crippen molar-refractivity contribution in [3.8, 4) is 0 Å². The molecule has 1 aromatic carbocycles. The molecule has 0 radical (unpaired) electrons. The second-order valence-corrected chi connectivity index (χ2v) is 5.65. The summed E-state index contributed by atoms with van der Waals surface area (Å²) in [7, 11) is 1.73. The molecule has 118 valence electrons. The van der Waals surface area contributed by atoms with Crippen LogP contribution in [-0.2, 0) is 16.1 Å². The molecule has 1 aliphatic rings. The molecule has 0 amide bonds. The topological polar surface area (TPSA) is 47.7 Å². The van der Waals surface area contributed by atoms with Crippen LogP contribution in [0, 0.1) is 0 Å². The Morgan fingerprint density at radius 1 is 1.48 bits per heavy atom. The van der Waals surface area contributed by atoms with Crippen LogP contribution >= 0.6 is 0 Å². The Kier molecular flexibility index (Phi) is 6.64. The SMILES string of the molecule is CCN(CC1CCCO1)C(CN)c1cccc(COC)c1. The third-order valence-corrected chi connectivity index (χ3v) is 4.18. The molecule has 0 spiro atoms. The molecule has 1 saturated heterocycles. The predicted octanol–water partition coefficient (Wildman–Crippen LogP) is 2.33. The molecule has 2 unspecified atom stereocenters. The third kappa shape index (κ3) is 4.51. The van der Waals surface area contributed by atoms with Crippen LogP contribution in [0.5, 0.6) is 0 Å². The molecule has 1 fully saturated rings. The molecular formula is C17H28N2O2. The van der Waals surface area contributed by atoms with Gasteiger partial charge < -0.3 is 15.2 Å². The average molecular weight is 292 g/mol. The summed E-state index contributed by atoms with van der Waals surface area (Å²) in [5.41, 5.74) is 8.53. The fourth-order valence-corrected chi connectivity index (χ4v) is 3.08. The Morgan fingerprint density at radius 3 is 2.95 bits per heavy atom. The molecule has 1 heterocycles. The van der Waals surface area contributed by atoms with Crippen molar-refractivity contribution in [1.29, 1.82) is 0 Å². The van der Waals surface area contributed by atoms with Gasteiger partial charge >= 0.3 is 0 Å². The minimum Gasteiger partial charge on any atom is -0.380 e. The lowest BCUT2D eigenvalue weighted by Crippen LogP contribution is -2.38. The summed E-state index contributed by atoms with van der Waals surface area (Å²) >= 11 is 0. The maximum absolute atomic E-state index is 6.07. The molecule has 1 aliphatic heterocycles. The molecule has 4 nitrogen and oxygen atoms in total. The zero-order valence-electron chi connectivity index (χ0n) is 13.3. The van der Waals surface area contributed by atoms with Gasteiger partial charge in [-0.2, -0.15) is 0 Å². The zero-order chi connectivity index (χ0) is 15.1. The van der Waals surface area contributed by atoms with E-state index in [2.05, 4.69) is 36.1 Å². The lowest BCUT2D eigenvalue weighted by Gasteiger charge is -2.32. The van der Waals surface area contributed by atoms with E-state index in [-0.39, 0.29) is 6.04 Å². The van der Waals surface area contributed by atoms with E-state index in [1.807, 2.05) is 0 Å². The van der Waals surface area contributed by atoms with Crippen LogP contribution in [0.2, 0.25) is 0 Å². The minimum absolute atomic E-state index is 0.246. The van der Waals surface area contributed by atoms with Gasteiger partial charge in [0.2, 0.25) is 0 Å². The van der Waals surface area contributed by atoms with Crippen molar-refractivity contribution in [3.63, 3.8) is 0 Å². The third-order valence-electron chi connectivity index (χ3n) is 4.18. The standard InChI is InChI=1S/C17H28N2O2/c1-3-19(12-16-8-5-9-21-16)17(11-18)15-7-4-6-14(10-15)13-20-2/h4,6-7,10,16-17H,3,5,8-9,11-13,18H2,1-2H3. The maximum Gasteiger partial charge on any atom is 0.0713 e. The molecular weight excluding hydrogens is 264 g/mol. The monoisotopic (exact) mass is 292 g/mol. The maximum atomic E-state index is 6.07. The summed E-state index contributed by atoms with van der Waals surface area (Å²) < 4.78 is 11.0. The number of hydrogen-bond acceptors (Lipinski definition) is 4. The minimum atomic E-state index is 0.246. The van der Waals surface area contributed by atoms with Gasteiger partial charge in [0.15, 0.2) is 0 Å². The molecule has 0 aromatic heterocycles. The first-order chi connectivity index (χ1) is 10.3. The van der Waals surface area contributed by atoms with Crippen LogP contribution in [-0.4, -0.2) is 44.4 Å². The van der Waals surface area contributed by atoms with E-state index >= 15 is 0 Å². The largest absolute Gasteiger partial charge is 0.380 e. The Labute approximate surface area is 128 Å². The van der Waals surface area contributed by atoms with E-state index in [1.54, 1.807) is 7.11 Å². The van der Waals surface area contributed by atoms with Crippen molar-refractivity contribution < 1.29 is 9.47 Å². The van der Waals surface area contributed by atoms with E-state index in [4.69, 9.17) is 15.2 Å². The van der Waals surface area contributed by atoms with Gasteiger partial charge in [-0.15, -0.1) is 0 Å². The smallest absolute Gasteiger partial charge is 0.0713 e. The fraction of sp³-hybridized carbons (Fsp3) is 0.647. The van der Waals surface area contributed by atoms with Gasteiger partial charge in [0, 0.05) is 32.8 Å². The number of likely N-dealkylation sites (N-methyl/N-ethyl adjacent to an activating group) is 1. The fourth-order valence-electron chi connectivity index (χ4n) is 3.08. The lowest BCUT2D eigenvalue weighted by atomic mass is 10.0. The van der Waals surface area contributed by atoms with Crippen LogP contribution in [0.25, 0.3) is 0 Å². The molecule has 21 heavy (non-hydrogen) atoms. The van der Waals surface area contributed by atoms with Crippen molar-refractivity contribution in [3.05, 3.63) is 35.4 Å². The van der Waals surface area contributed by atoms with Crippen molar-refractivity contribution >= 4 is 0 Å². The van der Waals surface area contributed by atoms with Gasteiger partial charge in [0.05, 0.1) is 12.7 Å². The van der Waals surface area contributed by atoms with Crippen LogP contribution in [0.15, 0.2) is 24.3 Å². The summed E-state index contributed by atoms with van der Waals surface area (Å²) in [4.78, 5) is 2.43. The van der Waals surface area contributed by atoms with Crippen molar-refractivity contribution in [2.45, 2.75) is 38.5 Å². The Hall–Kier alpha value is -0.940. The van der Waals surface area contributed by atoms with Gasteiger partial charge in [0.1, 0.15) is 0 Å². The Morgan fingerprint density at radius 2 is 2.33 bits per heavy atom. The van der Waals surface area contributed by atoms with Crippen molar-refractivity contribution in [2.75, 3.05) is 33.4 Å². The number of hydrogen-bond donors (Lipinski definition) is 1. The van der Waals surface area contributed by atoms with Gasteiger partial charge in [-0.3, -0.25) is 4.90 Å². The second kappa shape index (κ2) is 8.49. The first-order valence-corrected chi connectivity index (χ1v) is 7.92. The zero-order valence-corrected chi connectivity index (χ0v) is 13.3. The quantitative estimate of drug-likeness (QED) is 0.799. The van der Waals surface area contributed by atoms with Crippen LogP contribution in [0.3, 0.4) is 0 Å². The highest BCUT2D eigenvalue weighted by atomic mass is 16.5. The van der Waals surface area contributed by atoms with Gasteiger partial charge in [-0.1, -0.05) is 31.2 Å². The number of ether oxygens (including phenoxy) is 2. The van der Waals surface area contributed by atoms with Crippen LogP contribution < -0.4 is 5.73 Å². The molecule has 1 aromatic rings. The normalized spacial score (nSPS) is 20.1. The first-order valence-electron chi connectivity index (χ1n) is 7.92. The average Bonchev–Trinajstić information content (AvgIpc) is 3.01. The van der Waals surface area contributed by atoms with Gasteiger partial charge in [-0.05, 0) is 30.5 Å². The Bertz CT molecular complexity index is 419. The molecule has 0 bridgehead atoms. The highest BCUT2D eigenvalue weighted by Crippen LogP contribution is 2.23. The highest BCUT2D eigenvalue weighted by molar-refractivity contribution is 5.26. The van der Waals surface area contributed by atoms with Crippen molar-refractivity contribution in [1.82, 2.24) is 4.90 Å². The van der Waals surface area contributed by atoms with E-state index in [0.29, 0.717) is 19.3 Å². The molecule has 2 atom stereocenters. The van der Waals surface area contributed by atoms with Crippen LogP contribution in [0.1, 0.15) is 36.9 Å². The summed E-state index contributed by atoms with van der Waals surface area (Å²) in [5, 5.41) is 0. The summed E-state index contributed by atoms with van der Waals surface area (Å²) in [6, 6.07) is 8.80.